The van der Waals surface area contributed by atoms with E-state index in [1.807, 2.05) is 6.92 Å². The zero-order chi connectivity index (χ0) is 10.6. The van der Waals surface area contributed by atoms with Gasteiger partial charge in [0.05, 0.1) is 12.5 Å². The highest BCUT2D eigenvalue weighted by atomic mass is 16.5. The Hall–Kier alpha value is -0.570. The molecule has 0 aromatic heterocycles. The van der Waals surface area contributed by atoms with E-state index in [9.17, 15) is 4.79 Å². The molecule has 0 heterocycles. The van der Waals surface area contributed by atoms with Crippen LogP contribution in [-0.4, -0.2) is 18.6 Å². The van der Waals surface area contributed by atoms with Gasteiger partial charge in [-0.2, -0.15) is 0 Å². The average molecular weight is 199 g/mol. The van der Waals surface area contributed by atoms with E-state index in [4.69, 9.17) is 10.5 Å². The molecule has 0 aliphatic heterocycles. The van der Waals surface area contributed by atoms with Crippen LogP contribution in [0.1, 0.15) is 39.5 Å². The highest BCUT2D eigenvalue weighted by Gasteiger charge is 2.28. The van der Waals surface area contributed by atoms with Gasteiger partial charge in [0.25, 0.3) is 0 Å². The largest absolute Gasteiger partial charge is 0.466 e. The Labute approximate surface area is 86.0 Å². The van der Waals surface area contributed by atoms with Crippen LogP contribution in [-0.2, 0) is 9.53 Å². The summed E-state index contributed by atoms with van der Waals surface area (Å²) in [6, 6.07) is 0.262. The van der Waals surface area contributed by atoms with Gasteiger partial charge in [-0.1, -0.05) is 0 Å². The van der Waals surface area contributed by atoms with Crippen LogP contribution in [0.2, 0.25) is 0 Å². The first kappa shape index (κ1) is 11.5. The predicted molar refractivity (Wildman–Crippen MR) is 55.7 cm³/mol. The molecule has 82 valence electrons. The lowest BCUT2D eigenvalue weighted by Crippen LogP contribution is -2.32. The summed E-state index contributed by atoms with van der Waals surface area (Å²) in [6.07, 6.45) is 4.04. The predicted octanol–water partition coefficient (Wildman–Crippen LogP) is 1.70. The fourth-order valence-corrected chi connectivity index (χ4v) is 2.14. The maximum Gasteiger partial charge on any atom is 0.308 e. The van der Waals surface area contributed by atoms with Crippen LogP contribution in [0.4, 0.5) is 0 Å². The molecule has 1 aliphatic rings. The van der Waals surface area contributed by atoms with Gasteiger partial charge < -0.3 is 10.5 Å². The second-order valence-electron chi connectivity index (χ2n) is 4.22. The fraction of sp³-hybridized carbons (Fsp3) is 0.909. The summed E-state index contributed by atoms with van der Waals surface area (Å²) >= 11 is 0. The van der Waals surface area contributed by atoms with Gasteiger partial charge in [0.1, 0.15) is 0 Å². The molecule has 3 heteroatoms. The molecule has 0 bridgehead atoms. The Morgan fingerprint density at radius 1 is 1.43 bits per heavy atom. The molecule has 0 aromatic rings. The number of rotatable bonds is 3. The van der Waals surface area contributed by atoms with Crippen LogP contribution >= 0.6 is 0 Å². The van der Waals surface area contributed by atoms with Crippen LogP contribution in [0, 0.1) is 11.8 Å². The summed E-state index contributed by atoms with van der Waals surface area (Å²) in [5.74, 6) is 0.709. The van der Waals surface area contributed by atoms with Crippen molar-refractivity contribution in [3.8, 4) is 0 Å². The molecule has 2 N–H and O–H groups in total. The Morgan fingerprint density at radius 2 is 2.00 bits per heavy atom. The third-order valence-corrected chi connectivity index (χ3v) is 3.14. The number of ether oxygens (including phenoxy) is 1. The second kappa shape index (κ2) is 5.35. The first-order valence-electron chi connectivity index (χ1n) is 5.57. The monoisotopic (exact) mass is 199 g/mol. The van der Waals surface area contributed by atoms with Crippen molar-refractivity contribution < 1.29 is 9.53 Å². The summed E-state index contributed by atoms with van der Waals surface area (Å²) < 4.78 is 5.01. The van der Waals surface area contributed by atoms with E-state index in [0.717, 1.165) is 25.7 Å². The fourth-order valence-electron chi connectivity index (χ4n) is 2.14. The maximum atomic E-state index is 11.4. The number of carbonyl (C=O) groups excluding carboxylic acids is 1. The first-order valence-corrected chi connectivity index (χ1v) is 5.57. The molecule has 1 unspecified atom stereocenters. The normalized spacial score (nSPS) is 29.6. The molecule has 0 amide bonds. The summed E-state index contributed by atoms with van der Waals surface area (Å²) in [6.45, 7) is 4.40. The van der Waals surface area contributed by atoms with Crippen molar-refractivity contribution >= 4 is 5.97 Å². The van der Waals surface area contributed by atoms with Crippen LogP contribution in [0.5, 0.6) is 0 Å². The van der Waals surface area contributed by atoms with Gasteiger partial charge in [0.2, 0.25) is 0 Å². The van der Waals surface area contributed by atoms with E-state index < -0.39 is 0 Å². The van der Waals surface area contributed by atoms with Gasteiger partial charge in [-0.05, 0) is 45.4 Å². The van der Waals surface area contributed by atoms with Crippen molar-refractivity contribution in [1.82, 2.24) is 0 Å². The summed E-state index contributed by atoms with van der Waals surface area (Å²) in [5, 5.41) is 0. The van der Waals surface area contributed by atoms with Crippen molar-refractivity contribution in [3.63, 3.8) is 0 Å². The van der Waals surface area contributed by atoms with E-state index in [1.54, 1.807) is 0 Å². The molecule has 1 rings (SSSR count). The molecule has 0 saturated heterocycles. The second-order valence-corrected chi connectivity index (χ2v) is 4.22. The Kier molecular flexibility index (Phi) is 4.39. The molecule has 0 spiro atoms. The summed E-state index contributed by atoms with van der Waals surface area (Å²) in [5.41, 5.74) is 5.83. The summed E-state index contributed by atoms with van der Waals surface area (Å²) in [7, 11) is 0. The number of nitrogens with two attached hydrogens (primary N) is 1. The Bertz CT molecular complexity index is 184. The standard InChI is InChI=1S/C11H21NO2/c1-3-14-11(13)10-6-4-9(5-7-10)8(2)12/h8-10H,3-7,12H2,1-2H3. The van der Waals surface area contributed by atoms with Crippen molar-refractivity contribution in [1.29, 1.82) is 0 Å². The number of hydrogen-bond donors (Lipinski definition) is 1. The Balaban J connectivity index is 2.31. The molecule has 1 aliphatic carbocycles. The van der Waals surface area contributed by atoms with Gasteiger partial charge in [0, 0.05) is 6.04 Å². The quantitative estimate of drug-likeness (QED) is 0.704. The highest BCUT2D eigenvalue weighted by molar-refractivity contribution is 5.72. The lowest BCUT2D eigenvalue weighted by atomic mass is 9.79. The number of esters is 1. The SMILES string of the molecule is CCOC(=O)C1CCC(C(C)N)CC1. The van der Waals surface area contributed by atoms with E-state index in [2.05, 4.69) is 6.92 Å². The summed E-state index contributed by atoms with van der Waals surface area (Å²) in [4.78, 5) is 11.4. The zero-order valence-electron chi connectivity index (χ0n) is 9.16. The van der Waals surface area contributed by atoms with Crippen molar-refractivity contribution in [2.24, 2.45) is 17.6 Å². The van der Waals surface area contributed by atoms with Crippen LogP contribution < -0.4 is 5.73 Å². The van der Waals surface area contributed by atoms with E-state index in [1.165, 1.54) is 0 Å². The van der Waals surface area contributed by atoms with Crippen molar-refractivity contribution in [3.05, 3.63) is 0 Å². The minimum Gasteiger partial charge on any atom is -0.466 e. The minimum atomic E-state index is -0.0179. The molecule has 1 fully saturated rings. The molecule has 1 atom stereocenters. The van der Waals surface area contributed by atoms with Crippen molar-refractivity contribution in [2.45, 2.75) is 45.6 Å². The number of carbonyl (C=O) groups is 1. The molecular weight excluding hydrogens is 178 g/mol. The maximum absolute atomic E-state index is 11.4. The molecule has 0 radical (unpaired) electrons. The molecule has 3 nitrogen and oxygen atoms in total. The van der Waals surface area contributed by atoms with Gasteiger partial charge in [-0.3, -0.25) is 4.79 Å². The third-order valence-electron chi connectivity index (χ3n) is 3.14. The van der Waals surface area contributed by atoms with Crippen LogP contribution in [0.15, 0.2) is 0 Å². The average Bonchev–Trinajstić information content (AvgIpc) is 2.18. The topological polar surface area (TPSA) is 52.3 Å². The zero-order valence-corrected chi connectivity index (χ0v) is 9.16. The molecule has 0 aromatic carbocycles. The van der Waals surface area contributed by atoms with Gasteiger partial charge in [-0.15, -0.1) is 0 Å². The molecule has 14 heavy (non-hydrogen) atoms. The smallest absolute Gasteiger partial charge is 0.308 e. The van der Waals surface area contributed by atoms with Crippen LogP contribution in [0.25, 0.3) is 0 Å². The highest BCUT2D eigenvalue weighted by Crippen LogP contribution is 2.30. The molecule has 1 saturated carbocycles. The minimum absolute atomic E-state index is 0.0179. The van der Waals surface area contributed by atoms with Gasteiger partial charge >= 0.3 is 5.97 Å². The van der Waals surface area contributed by atoms with Crippen molar-refractivity contribution in [2.75, 3.05) is 6.61 Å². The van der Waals surface area contributed by atoms with E-state index in [-0.39, 0.29) is 17.9 Å². The molecular formula is C11H21NO2. The third kappa shape index (κ3) is 2.98. The first-order chi connectivity index (χ1) is 6.65. The van der Waals surface area contributed by atoms with Gasteiger partial charge in [0.15, 0.2) is 0 Å². The lowest BCUT2D eigenvalue weighted by molar-refractivity contribution is -0.149. The van der Waals surface area contributed by atoms with Gasteiger partial charge in [-0.25, -0.2) is 0 Å². The van der Waals surface area contributed by atoms with E-state index in [0.29, 0.717) is 12.5 Å². The lowest BCUT2D eigenvalue weighted by Gasteiger charge is -2.29. The number of hydrogen-bond acceptors (Lipinski definition) is 3. The van der Waals surface area contributed by atoms with E-state index >= 15 is 0 Å². The Morgan fingerprint density at radius 3 is 2.43 bits per heavy atom. The van der Waals surface area contributed by atoms with Crippen LogP contribution in [0.3, 0.4) is 0 Å².